The van der Waals surface area contributed by atoms with Crippen LogP contribution in [-0.4, -0.2) is 33.0 Å². The van der Waals surface area contributed by atoms with E-state index in [2.05, 4.69) is 15.3 Å². The van der Waals surface area contributed by atoms with Crippen LogP contribution in [0, 0.1) is 0 Å². The number of nitrogens with one attached hydrogen (secondary N) is 1. The number of hydrogen-bond acceptors (Lipinski definition) is 5. The Bertz CT molecular complexity index is 682. The number of carboxylic acid groups (broad SMARTS) is 1. The third-order valence-electron chi connectivity index (χ3n) is 3.47. The van der Waals surface area contributed by atoms with Crippen LogP contribution < -0.4 is 5.32 Å². The lowest BCUT2D eigenvalue weighted by Crippen LogP contribution is -2.42. The molecule has 2 aromatic heterocycles. The van der Waals surface area contributed by atoms with E-state index in [0.717, 1.165) is 23.4 Å². The lowest BCUT2D eigenvalue weighted by molar-refractivity contribution is -0.139. The molecular formula is C15H15N3O3S. The minimum atomic E-state index is -1.06. The molecule has 1 saturated carbocycles. The molecule has 0 aromatic carbocycles. The van der Waals surface area contributed by atoms with Gasteiger partial charge in [0.05, 0.1) is 11.2 Å². The Morgan fingerprint density at radius 1 is 1.36 bits per heavy atom. The predicted octanol–water partition coefficient (Wildman–Crippen LogP) is 1.84. The molecule has 0 spiro atoms. The van der Waals surface area contributed by atoms with Crippen molar-refractivity contribution in [2.75, 3.05) is 0 Å². The summed E-state index contributed by atoms with van der Waals surface area (Å²) < 4.78 is 0. The van der Waals surface area contributed by atoms with Gasteiger partial charge in [0.1, 0.15) is 10.9 Å². The number of hydrogen-bond donors (Lipinski definition) is 2. The minimum absolute atomic E-state index is 0.220. The third kappa shape index (κ3) is 3.48. The summed E-state index contributed by atoms with van der Waals surface area (Å²) in [5.41, 5.74) is 0.811. The molecule has 0 bridgehead atoms. The highest BCUT2D eigenvalue weighted by Crippen LogP contribution is 2.41. The van der Waals surface area contributed by atoms with Crippen LogP contribution in [0.3, 0.4) is 0 Å². The van der Waals surface area contributed by atoms with Gasteiger partial charge in [0, 0.05) is 24.7 Å². The van der Waals surface area contributed by atoms with Crippen molar-refractivity contribution >= 4 is 23.2 Å². The molecule has 1 unspecified atom stereocenters. The first-order valence-corrected chi connectivity index (χ1v) is 7.83. The second-order valence-electron chi connectivity index (χ2n) is 5.26. The summed E-state index contributed by atoms with van der Waals surface area (Å²) in [5, 5.41) is 12.8. The number of carbonyl (C=O) groups excluding carboxylic acids is 1. The highest BCUT2D eigenvalue weighted by Gasteiger charge is 2.28. The van der Waals surface area contributed by atoms with Gasteiger partial charge in [-0.3, -0.25) is 9.78 Å². The fourth-order valence-electron chi connectivity index (χ4n) is 2.10. The van der Waals surface area contributed by atoms with Crippen LogP contribution in [0.4, 0.5) is 0 Å². The number of aromatic nitrogens is 2. The van der Waals surface area contributed by atoms with Crippen molar-refractivity contribution in [1.82, 2.24) is 15.3 Å². The second-order valence-corrected chi connectivity index (χ2v) is 6.32. The largest absolute Gasteiger partial charge is 0.480 e. The number of pyridine rings is 1. The second kappa shape index (κ2) is 6.23. The number of carbonyl (C=O) groups is 2. The van der Waals surface area contributed by atoms with Gasteiger partial charge in [0.15, 0.2) is 0 Å². The van der Waals surface area contributed by atoms with Gasteiger partial charge >= 0.3 is 5.97 Å². The molecule has 7 heteroatoms. The van der Waals surface area contributed by atoms with Gasteiger partial charge in [-0.1, -0.05) is 0 Å². The molecule has 0 aliphatic heterocycles. The van der Waals surface area contributed by atoms with Crippen LogP contribution in [0.25, 0.3) is 0 Å². The van der Waals surface area contributed by atoms with E-state index in [1.807, 2.05) is 0 Å². The monoisotopic (exact) mass is 317 g/mol. The summed E-state index contributed by atoms with van der Waals surface area (Å²) in [5.74, 6) is -0.957. The van der Waals surface area contributed by atoms with Crippen LogP contribution in [0.5, 0.6) is 0 Å². The average Bonchev–Trinajstić information content (AvgIpc) is 3.24. The van der Waals surface area contributed by atoms with Crippen LogP contribution in [0.1, 0.15) is 39.0 Å². The van der Waals surface area contributed by atoms with E-state index in [1.54, 1.807) is 24.5 Å². The molecule has 2 heterocycles. The van der Waals surface area contributed by atoms with E-state index < -0.39 is 12.0 Å². The van der Waals surface area contributed by atoms with Gasteiger partial charge in [0.25, 0.3) is 5.91 Å². The maximum atomic E-state index is 12.2. The molecule has 1 atom stereocenters. The van der Waals surface area contributed by atoms with Crippen molar-refractivity contribution in [1.29, 1.82) is 0 Å². The zero-order valence-corrected chi connectivity index (χ0v) is 12.5. The van der Waals surface area contributed by atoms with E-state index in [1.165, 1.54) is 17.5 Å². The summed E-state index contributed by atoms with van der Waals surface area (Å²) in [6.45, 7) is 0. The molecule has 114 valence electrons. The summed E-state index contributed by atoms with van der Waals surface area (Å²) in [6.07, 6.45) is 7.18. The number of carboxylic acids is 1. The number of thiazole rings is 1. The number of rotatable bonds is 6. The van der Waals surface area contributed by atoms with Gasteiger partial charge < -0.3 is 10.4 Å². The summed E-state index contributed by atoms with van der Waals surface area (Å²) >= 11 is 1.35. The van der Waals surface area contributed by atoms with Gasteiger partial charge in [-0.15, -0.1) is 11.3 Å². The van der Waals surface area contributed by atoms with Crippen LogP contribution >= 0.6 is 11.3 Å². The SMILES string of the molecule is O=C(NC(Cc1ccncc1)C(=O)O)c1cnc(C2CC2)s1. The van der Waals surface area contributed by atoms with Crippen molar-refractivity contribution < 1.29 is 14.7 Å². The zero-order chi connectivity index (χ0) is 15.5. The van der Waals surface area contributed by atoms with E-state index >= 15 is 0 Å². The van der Waals surface area contributed by atoms with E-state index in [9.17, 15) is 14.7 Å². The van der Waals surface area contributed by atoms with Gasteiger partial charge in [-0.2, -0.15) is 0 Å². The minimum Gasteiger partial charge on any atom is -0.480 e. The lowest BCUT2D eigenvalue weighted by Gasteiger charge is -2.13. The quantitative estimate of drug-likeness (QED) is 0.848. The molecule has 1 aliphatic carbocycles. The number of aliphatic carboxylic acids is 1. The standard InChI is InChI=1S/C15H15N3O3S/c19-13(12-8-17-14(22-12)10-1-2-10)18-11(15(20)21)7-9-3-5-16-6-4-9/h3-6,8,10-11H,1-2,7H2,(H,18,19)(H,20,21). The molecule has 1 aliphatic rings. The third-order valence-corrected chi connectivity index (χ3v) is 4.63. The van der Waals surface area contributed by atoms with Crippen molar-refractivity contribution in [2.24, 2.45) is 0 Å². The highest BCUT2D eigenvalue weighted by molar-refractivity contribution is 7.13. The first-order chi connectivity index (χ1) is 10.6. The predicted molar refractivity (Wildman–Crippen MR) is 80.9 cm³/mol. The Kier molecular flexibility index (Phi) is 4.15. The molecule has 1 fully saturated rings. The zero-order valence-electron chi connectivity index (χ0n) is 11.7. The van der Waals surface area contributed by atoms with Crippen molar-refractivity contribution in [3.8, 4) is 0 Å². The van der Waals surface area contributed by atoms with Gasteiger partial charge in [-0.05, 0) is 30.5 Å². The molecule has 6 nitrogen and oxygen atoms in total. The fourth-order valence-corrected chi connectivity index (χ4v) is 3.09. The number of amides is 1. The Morgan fingerprint density at radius 3 is 2.73 bits per heavy atom. The maximum Gasteiger partial charge on any atom is 0.326 e. The Morgan fingerprint density at radius 2 is 2.09 bits per heavy atom. The van der Waals surface area contributed by atoms with E-state index in [-0.39, 0.29) is 12.3 Å². The number of nitrogens with zero attached hydrogens (tertiary/aromatic N) is 2. The average molecular weight is 317 g/mol. The highest BCUT2D eigenvalue weighted by atomic mass is 32.1. The topological polar surface area (TPSA) is 92.2 Å². The van der Waals surface area contributed by atoms with Crippen molar-refractivity contribution in [3.63, 3.8) is 0 Å². The molecule has 2 N–H and O–H groups in total. The molecule has 22 heavy (non-hydrogen) atoms. The van der Waals surface area contributed by atoms with Crippen LogP contribution in [0.2, 0.25) is 0 Å². The van der Waals surface area contributed by atoms with Gasteiger partial charge in [0.2, 0.25) is 0 Å². The summed E-state index contributed by atoms with van der Waals surface area (Å²) in [6, 6.07) is 2.50. The first-order valence-electron chi connectivity index (χ1n) is 7.02. The van der Waals surface area contributed by atoms with Crippen LogP contribution in [0.15, 0.2) is 30.7 Å². The molecule has 1 amide bonds. The molecule has 2 aromatic rings. The lowest BCUT2D eigenvalue weighted by atomic mass is 10.1. The van der Waals surface area contributed by atoms with Crippen molar-refractivity contribution in [2.45, 2.75) is 31.2 Å². The molecule has 0 radical (unpaired) electrons. The Labute approximate surface area is 131 Å². The molecule has 0 saturated heterocycles. The first kappa shape index (κ1) is 14.6. The Hall–Kier alpha value is -2.28. The van der Waals surface area contributed by atoms with E-state index in [4.69, 9.17) is 0 Å². The van der Waals surface area contributed by atoms with Crippen molar-refractivity contribution in [3.05, 3.63) is 46.2 Å². The molecule has 3 rings (SSSR count). The summed E-state index contributed by atoms with van der Waals surface area (Å²) in [7, 11) is 0. The smallest absolute Gasteiger partial charge is 0.326 e. The summed E-state index contributed by atoms with van der Waals surface area (Å²) in [4.78, 5) is 32.1. The normalized spacial score (nSPS) is 15.3. The Balaban J connectivity index is 1.67. The van der Waals surface area contributed by atoms with Crippen LogP contribution in [-0.2, 0) is 11.2 Å². The van der Waals surface area contributed by atoms with E-state index in [0.29, 0.717) is 10.8 Å². The van der Waals surface area contributed by atoms with Gasteiger partial charge in [-0.25, -0.2) is 9.78 Å². The fraction of sp³-hybridized carbons (Fsp3) is 0.333. The molecular weight excluding hydrogens is 302 g/mol. The maximum absolute atomic E-state index is 12.2.